The van der Waals surface area contributed by atoms with Crippen molar-refractivity contribution in [2.75, 3.05) is 0 Å². The number of benzene rings is 4. The van der Waals surface area contributed by atoms with Crippen LogP contribution in [0.4, 0.5) is 0 Å². The molecule has 2 atom stereocenters. The van der Waals surface area contributed by atoms with Crippen LogP contribution in [0, 0.1) is 0 Å². The second-order valence-corrected chi connectivity index (χ2v) is 31.5. The zero-order valence-electron chi connectivity index (χ0n) is 20.8. The van der Waals surface area contributed by atoms with E-state index in [4.69, 9.17) is 0 Å². The maximum absolute atomic E-state index is 4.66. The standard InChI is InChI=1S/2C10H9.2C6H5.C2H4.Hf/c2*1-8-6-9-4-2-3-5-10(9)7-8;2*1-2-4-6-5-3-1;1-2;/h2*2-7H,1H3;2*1-5H;1H,2H3;. The fourth-order valence-corrected chi connectivity index (χ4v) is 41.0. The number of fused-ring (bicyclic) bond motifs is 2. The number of rotatable bonds is 4. The third-order valence-electron chi connectivity index (χ3n) is 8.99. The van der Waals surface area contributed by atoms with E-state index >= 15 is 0 Å². The van der Waals surface area contributed by atoms with Gasteiger partial charge in [-0.25, -0.2) is 0 Å². The summed E-state index contributed by atoms with van der Waals surface area (Å²) in [7, 11) is 0. The van der Waals surface area contributed by atoms with E-state index in [9.17, 15) is 0 Å². The second kappa shape index (κ2) is 8.35. The summed E-state index contributed by atoms with van der Waals surface area (Å²) >= 11 is -4.66. The molecule has 172 valence electrons. The first-order valence-corrected chi connectivity index (χ1v) is 22.5. The number of allylic oxidation sites excluding steroid dienone is 2. The average Bonchev–Trinajstić information content (AvgIpc) is 3.44. The summed E-state index contributed by atoms with van der Waals surface area (Å²) in [6.07, 6.45) is 4.93. The molecular formula is C34H32Hf. The summed E-state index contributed by atoms with van der Waals surface area (Å²) < 4.78 is 6.62. The first-order valence-electron chi connectivity index (χ1n) is 12.7. The Bertz CT molecular complexity index is 1430. The van der Waals surface area contributed by atoms with Crippen LogP contribution in [0.2, 0.25) is 0 Å². The predicted octanol–water partition coefficient (Wildman–Crippen LogP) is 7.47. The quantitative estimate of drug-likeness (QED) is 0.208. The third kappa shape index (κ3) is 2.91. The van der Waals surface area contributed by atoms with Crippen LogP contribution in [0.15, 0.2) is 120 Å². The molecule has 0 aromatic heterocycles. The van der Waals surface area contributed by atoms with Gasteiger partial charge in [0.05, 0.1) is 0 Å². The molecule has 0 bridgehead atoms. The molecule has 0 amide bonds. The maximum atomic E-state index is 2.76. The molecule has 35 heavy (non-hydrogen) atoms. The summed E-state index contributed by atoms with van der Waals surface area (Å²) in [5.41, 5.74) is 8.79. The fraction of sp³-hybridized carbons (Fsp3) is 0.147. The van der Waals surface area contributed by atoms with E-state index in [1.807, 2.05) is 0 Å². The molecule has 1 heteroatoms. The molecule has 2 aliphatic rings. The van der Waals surface area contributed by atoms with E-state index < -0.39 is 18.0 Å². The molecule has 0 nitrogen and oxygen atoms in total. The molecule has 6 rings (SSSR count). The van der Waals surface area contributed by atoms with Gasteiger partial charge in [0.1, 0.15) is 0 Å². The van der Waals surface area contributed by atoms with E-state index in [0.717, 1.165) is 0 Å². The Kier molecular flexibility index (Phi) is 5.38. The Hall–Kier alpha value is -2.90. The Morgan fingerprint density at radius 1 is 0.514 bits per heavy atom. The van der Waals surface area contributed by atoms with Gasteiger partial charge in [-0.2, -0.15) is 0 Å². The number of hydrogen-bond donors (Lipinski definition) is 0. The van der Waals surface area contributed by atoms with Crippen LogP contribution in [-0.4, -0.2) is 3.76 Å². The molecule has 0 fully saturated rings. The van der Waals surface area contributed by atoms with Crippen molar-refractivity contribution < 1.29 is 18.0 Å². The van der Waals surface area contributed by atoms with Gasteiger partial charge in [0, 0.05) is 0 Å². The van der Waals surface area contributed by atoms with Gasteiger partial charge in [-0.1, -0.05) is 0 Å². The zero-order valence-corrected chi connectivity index (χ0v) is 24.4. The Balaban J connectivity index is 1.88. The SMILES string of the molecule is C[CH]=[Hf]([c]1ccccc1)([c]1ccccc1)([CH]1C(C)=Cc2ccccc21)[CH]1C(C)=Cc2ccccc21. The van der Waals surface area contributed by atoms with Crippen LogP contribution in [0.1, 0.15) is 50.4 Å². The average molecular weight is 619 g/mol. The summed E-state index contributed by atoms with van der Waals surface area (Å²) in [6.45, 7) is 7.16. The van der Waals surface area contributed by atoms with E-state index in [1.165, 1.54) is 33.4 Å². The summed E-state index contributed by atoms with van der Waals surface area (Å²) in [6, 6.07) is 41.5. The molecule has 0 saturated carbocycles. The Morgan fingerprint density at radius 3 is 1.29 bits per heavy atom. The number of hydrogen-bond acceptors (Lipinski definition) is 0. The molecular weight excluding hydrogens is 587 g/mol. The third-order valence-corrected chi connectivity index (χ3v) is 39.6. The van der Waals surface area contributed by atoms with Crippen molar-refractivity contribution in [2.45, 2.75) is 28.1 Å². The Morgan fingerprint density at radius 2 is 0.886 bits per heavy atom. The molecule has 0 heterocycles. The van der Waals surface area contributed by atoms with Crippen LogP contribution < -0.4 is 6.64 Å². The molecule has 2 aliphatic carbocycles. The van der Waals surface area contributed by atoms with Crippen LogP contribution in [0.5, 0.6) is 0 Å². The predicted molar refractivity (Wildman–Crippen MR) is 150 cm³/mol. The van der Waals surface area contributed by atoms with Gasteiger partial charge in [-0.15, -0.1) is 0 Å². The van der Waals surface area contributed by atoms with Crippen molar-refractivity contribution in [3.8, 4) is 0 Å². The van der Waals surface area contributed by atoms with Gasteiger partial charge in [0.25, 0.3) is 0 Å². The molecule has 0 saturated heterocycles. The van der Waals surface area contributed by atoms with Crippen LogP contribution >= 0.6 is 0 Å². The first-order chi connectivity index (χ1) is 17.1. The molecule has 0 N–H and O–H groups in total. The second-order valence-electron chi connectivity index (χ2n) is 10.4. The van der Waals surface area contributed by atoms with Gasteiger partial charge in [0.2, 0.25) is 0 Å². The fourth-order valence-electron chi connectivity index (χ4n) is 7.90. The summed E-state index contributed by atoms with van der Waals surface area (Å²) in [5, 5.41) is 0. The first kappa shape index (κ1) is 22.6. The van der Waals surface area contributed by atoms with Gasteiger partial charge in [0.15, 0.2) is 0 Å². The summed E-state index contributed by atoms with van der Waals surface area (Å²) in [4.78, 5) is 0. The van der Waals surface area contributed by atoms with E-state index in [1.54, 1.807) is 6.64 Å². The van der Waals surface area contributed by atoms with Gasteiger partial charge in [-0.05, 0) is 0 Å². The molecule has 0 radical (unpaired) electrons. The van der Waals surface area contributed by atoms with E-state index in [2.05, 4.69) is 146 Å². The van der Waals surface area contributed by atoms with Crippen molar-refractivity contribution in [1.82, 2.24) is 0 Å². The minimum atomic E-state index is -4.66. The Labute approximate surface area is 210 Å². The molecule has 4 aromatic rings. The van der Waals surface area contributed by atoms with Crippen molar-refractivity contribution in [1.29, 1.82) is 0 Å². The normalized spacial score (nSPS) is 19.0. The molecule has 4 aromatic carbocycles. The van der Waals surface area contributed by atoms with Crippen LogP contribution in [0.25, 0.3) is 12.2 Å². The van der Waals surface area contributed by atoms with Gasteiger partial charge < -0.3 is 0 Å². The zero-order chi connectivity index (χ0) is 24.1. The monoisotopic (exact) mass is 620 g/mol. The van der Waals surface area contributed by atoms with E-state index in [-0.39, 0.29) is 0 Å². The molecule has 2 unspecified atom stereocenters. The van der Waals surface area contributed by atoms with Crippen molar-refractivity contribution in [3.05, 3.63) is 143 Å². The molecule has 0 spiro atoms. The van der Waals surface area contributed by atoms with E-state index in [0.29, 0.717) is 7.35 Å². The van der Waals surface area contributed by atoms with Crippen molar-refractivity contribution in [2.24, 2.45) is 0 Å². The van der Waals surface area contributed by atoms with Crippen molar-refractivity contribution in [3.63, 3.8) is 0 Å². The van der Waals surface area contributed by atoms with Crippen LogP contribution in [0.3, 0.4) is 0 Å². The topological polar surface area (TPSA) is 0 Å². The van der Waals surface area contributed by atoms with Crippen molar-refractivity contribution >= 4 is 22.6 Å². The molecule has 0 aliphatic heterocycles. The minimum absolute atomic E-state index is 0.373. The van der Waals surface area contributed by atoms with Gasteiger partial charge in [-0.3, -0.25) is 0 Å². The summed E-state index contributed by atoms with van der Waals surface area (Å²) in [5.74, 6) is 0. The van der Waals surface area contributed by atoms with Crippen LogP contribution in [-0.2, 0) is 18.0 Å². The van der Waals surface area contributed by atoms with Gasteiger partial charge >= 0.3 is 211 Å².